The standard InChI is InChI=1S/C31H37FN6OS/c1-19-12-20(2)31(39)38(6)29(27(21(3)33)18-34-15-24-16-35-23(5)36-17-24)11-8-25(13-19)22(4)37-28-10-9-26(32)14-30(28)40-7/h8-14,16-18,22,37H,15,33H2,1-7H3/b19-13?,20-12?,25-8?,27-21+,29-11?,34-18?/t22-/m1/s1. The molecule has 0 aliphatic heterocycles. The molecule has 0 amide bonds. The Morgan fingerprint density at radius 3 is 2.50 bits per heavy atom. The summed E-state index contributed by atoms with van der Waals surface area (Å²) in [5, 5.41) is 3.51. The van der Waals surface area contributed by atoms with Crippen molar-refractivity contribution in [2.75, 3.05) is 11.6 Å². The zero-order valence-corrected chi connectivity index (χ0v) is 24.9. The number of halogens is 1. The number of anilines is 1. The summed E-state index contributed by atoms with van der Waals surface area (Å²) < 4.78 is 15.4. The highest BCUT2D eigenvalue weighted by Gasteiger charge is 2.11. The molecule has 2 aromatic heterocycles. The van der Waals surface area contributed by atoms with E-state index in [1.807, 2.05) is 51.3 Å². The molecule has 3 N–H and O–H groups in total. The number of nitrogens with one attached hydrogen (secondary N) is 1. The van der Waals surface area contributed by atoms with Crippen molar-refractivity contribution < 1.29 is 4.39 Å². The SMILES string of the molecule is CSc1cc(F)ccc1N[C@H](C)c1ccc(/C(C=NCc2cnc(C)nc2)=C(\C)N)n(C)c(=O)c(C)cc(C)c1. The van der Waals surface area contributed by atoms with Gasteiger partial charge in [-0.1, -0.05) is 23.8 Å². The Labute approximate surface area is 239 Å². The van der Waals surface area contributed by atoms with E-state index >= 15 is 0 Å². The minimum Gasteiger partial charge on any atom is -0.402 e. The van der Waals surface area contributed by atoms with E-state index in [4.69, 9.17) is 5.73 Å². The van der Waals surface area contributed by atoms with Crippen molar-refractivity contribution in [3.8, 4) is 0 Å². The van der Waals surface area contributed by atoms with Gasteiger partial charge >= 0.3 is 0 Å². The second-order valence-electron chi connectivity index (χ2n) is 9.71. The van der Waals surface area contributed by atoms with Crippen molar-refractivity contribution in [1.29, 1.82) is 0 Å². The van der Waals surface area contributed by atoms with Crippen molar-refractivity contribution in [3.63, 3.8) is 0 Å². The lowest BCUT2D eigenvalue weighted by Crippen LogP contribution is -2.21. The predicted molar refractivity (Wildman–Crippen MR) is 165 cm³/mol. The lowest BCUT2D eigenvalue weighted by molar-refractivity contribution is 0.624. The molecule has 0 fully saturated rings. The maximum Gasteiger partial charge on any atom is 0.253 e. The van der Waals surface area contributed by atoms with E-state index in [1.54, 1.807) is 50.1 Å². The van der Waals surface area contributed by atoms with E-state index < -0.39 is 0 Å². The van der Waals surface area contributed by atoms with Gasteiger partial charge in [-0.15, -0.1) is 11.8 Å². The van der Waals surface area contributed by atoms with Gasteiger partial charge in [-0.25, -0.2) is 14.4 Å². The minimum atomic E-state index is -0.273. The third-order valence-electron chi connectivity index (χ3n) is 6.34. The maximum absolute atomic E-state index is 13.8. The van der Waals surface area contributed by atoms with Crippen molar-refractivity contribution in [1.82, 2.24) is 14.5 Å². The number of aryl methyl sites for hydroxylation is 3. The number of nitrogens with zero attached hydrogens (tertiary/aromatic N) is 4. The molecule has 0 saturated carbocycles. The molecule has 0 aliphatic carbocycles. The number of hydrogen-bond acceptors (Lipinski definition) is 7. The van der Waals surface area contributed by atoms with Crippen LogP contribution in [0.5, 0.6) is 0 Å². The van der Waals surface area contributed by atoms with E-state index in [2.05, 4.69) is 20.3 Å². The largest absolute Gasteiger partial charge is 0.402 e. The Kier molecular flexibility index (Phi) is 10.6. The number of thioether (sulfide) groups is 1. The first-order chi connectivity index (χ1) is 19.0. The average molecular weight is 561 g/mol. The van der Waals surface area contributed by atoms with Crippen molar-refractivity contribution in [2.45, 2.75) is 52.1 Å². The number of aliphatic imine (C=N–C) groups is 1. The molecule has 0 aliphatic rings. The van der Waals surface area contributed by atoms with Crippen molar-refractivity contribution in [2.24, 2.45) is 17.8 Å². The highest BCUT2D eigenvalue weighted by atomic mass is 32.2. The fraction of sp³-hybridized carbons (Fsp3) is 0.290. The van der Waals surface area contributed by atoms with Crippen LogP contribution >= 0.6 is 11.8 Å². The molecule has 9 heteroatoms. The topological polar surface area (TPSA) is 98.2 Å². The number of allylic oxidation sites excluding steroid dienone is 2. The minimum absolute atomic E-state index is 0.125. The number of hydrogen-bond donors (Lipinski definition) is 2. The second kappa shape index (κ2) is 13.9. The van der Waals surface area contributed by atoms with Crippen LogP contribution in [-0.2, 0) is 13.6 Å². The number of benzene rings is 1. The molecule has 2 heterocycles. The van der Waals surface area contributed by atoms with Crippen LogP contribution in [-0.4, -0.2) is 27.0 Å². The summed E-state index contributed by atoms with van der Waals surface area (Å²) in [4.78, 5) is 27.2. The van der Waals surface area contributed by atoms with Gasteiger partial charge in [0.05, 0.1) is 12.2 Å². The van der Waals surface area contributed by atoms with Crippen molar-refractivity contribution >= 4 is 29.2 Å². The molecule has 0 spiro atoms. The summed E-state index contributed by atoms with van der Waals surface area (Å²) in [7, 11) is 1.73. The van der Waals surface area contributed by atoms with Crippen LogP contribution < -0.4 is 16.6 Å². The molecular formula is C31H37FN6OS. The quantitative estimate of drug-likeness (QED) is 0.251. The molecule has 0 saturated heterocycles. The molecule has 210 valence electrons. The van der Waals surface area contributed by atoms with Gasteiger partial charge in [-0.2, -0.15) is 0 Å². The van der Waals surface area contributed by atoms with Crippen LogP contribution in [0.15, 0.2) is 75.2 Å². The van der Waals surface area contributed by atoms with Gasteiger partial charge in [0.1, 0.15) is 11.6 Å². The Morgan fingerprint density at radius 2 is 1.85 bits per heavy atom. The smallest absolute Gasteiger partial charge is 0.253 e. The normalized spacial score (nSPS) is 12.6. The second-order valence-corrected chi connectivity index (χ2v) is 10.6. The van der Waals surface area contributed by atoms with Crippen molar-refractivity contribution in [3.05, 3.63) is 110 Å². The molecule has 1 aromatic carbocycles. The molecule has 0 unspecified atom stereocenters. The predicted octanol–water partition coefficient (Wildman–Crippen LogP) is 6.22. The van der Waals surface area contributed by atoms with Crippen LogP contribution in [0.4, 0.5) is 10.1 Å². The van der Waals surface area contributed by atoms with Gasteiger partial charge in [0.25, 0.3) is 5.56 Å². The summed E-state index contributed by atoms with van der Waals surface area (Å²) in [6.45, 7) is 9.80. The Morgan fingerprint density at radius 1 is 1.15 bits per heavy atom. The lowest BCUT2D eigenvalue weighted by Gasteiger charge is -2.18. The van der Waals surface area contributed by atoms with E-state index in [-0.39, 0.29) is 17.4 Å². The van der Waals surface area contributed by atoms with Crippen LogP contribution in [0.2, 0.25) is 0 Å². The van der Waals surface area contributed by atoms with Gasteiger partial charge in [0.2, 0.25) is 0 Å². The Hall–Kier alpha value is -3.98. The van der Waals surface area contributed by atoms with E-state index in [9.17, 15) is 9.18 Å². The first-order valence-corrected chi connectivity index (χ1v) is 14.1. The highest BCUT2D eigenvalue weighted by molar-refractivity contribution is 7.98. The van der Waals surface area contributed by atoms with Gasteiger partial charge in [-0.3, -0.25) is 9.79 Å². The Bertz CT molecular complexity index is 1540. The first-order valence-electron chi connectivity index (χ1n) is 12.9. The van der Waals surface area contributed by atoms with Crippen LogP contribution in [0, 0.1) is 26.6 Å². The lowest BCUT2D eigenvalue weighted by atomic mass is 10.1. The summed E-state index contributed by atoms with van der Waals surface area (Å²) >= 11 is 1.48. The third kappa shape index (κ3) is 8.02. The van der Waals surface area contributed by atoms with E-state index in [1.165, 1.54) is 23.9 Å². The first kappa shape index (κ1) is 30.6. The molecule has 3 aromatic rings. The fourth-order valence-electron chi connectivity index (χ4n) is 4.17. The zero-order valence-electron chi connectivity index (χ0n) is 24.1. The van der Waals surface area contributed by atoms with Crippen LogP contribution in [0.3, 0.4) is 0 Å². The summed E-state index contributed by atoms with van der Waals surface area (Å²) in [6.07, 6.45) is 7.09. The highest BCUT2D eigenvalue weighted by Crippen LogP contribution is 2.29. The summed E-state index contributed by atoms with van der Waals surface area (Å²) in [5.41, 5.74) is 12.2. The maximum atomic E-state index is 13.8. The summed E-state index contributed by atoms with van der Waals surface area (Å²) in [6, 6.07) is 12.4. The zero-order chi connectivity index (χ0) is 29.4. The van der Waals surface area contributed by atoms with Gasteiger partial charge in [0.15, 0.2) is 0 Å². The van der Waals surface area contributed by atoms with Gasteiger partial charge in [0, 0.05) is 64.7 Å². The average Bonchev–Trinajstić information content (AvgIpc) is 2.91. The third-order valence-corrected chi connectivity index (χ3v) is 7.12. The Balaban J connectivity index is 2.12. The van der Waals surface area contributed by atoms with E-state index in [0.29, 0.717) is 34.9 Å². The molecule has 7 nitrogen and oxygen atoms in total. The fourth-order valence-corrected chi connectivity index (χ4v) is 4.75. The molecule has 0 bridgehead atoms. The molecule has 0 radical (unpaired) electrons. The number of aromatic nitrogens is 3. The number of rotatable bonds is 8. The number of nitrogens with two attached hydrogens (primary N) is 1. The monoisotopic (exact) mass is 560 g/mol. The molecular weight excluding hydrogens is 523 g/mol. The van der Waals surface area contributed by atoms with Crippen LogP contribution in [0.1, 0.15) is 53.7 Å². The van der Waals surface area contributed by atoms with E-state index in [0.717, 1.165) is 27.3 Å². The summed E-state index contributed by atoms with van der Waals surface area (Å²) in [5.74, 6) is 0.422. The molecule has 40 heavy (non-hydrogen) atoms. The molecule has 3 rings (SSSR count). The van der Waals surface area contributed by atoms with Gasteiger partial charge < -0.3 is 15.6 Å². The van der Waals surface area contributed by atoms with Gasteiger partial charge in [-0.05, 0) is 70.7 Å². The molecule has 1 atom stereocenters. The van der Waals surface area contributed by atoms with Crippen LogP contribution in [0.25, 0.3) is 5.57 Å².